The van der Waals surface area contributed by atoms with Gasteiger partial charge in [0.25, 0.3) is 0 Å². The van der Waals surface area contributed by atoms with E-state index in [1.54, 1.807) is 13.0 Å². The predicted molar refractivity (Wildman–Crippen MR) is 53.8 cm³/mol. The van der Waals surface area contributed by atoms with Gasteiger partial charge in [-0.3, -0.25) is 4.79 Å². The van der Waals surface area contributed by atoms with Crippen molar-refractivity contribution in [2.24, 2.45) is 0 Å². The zero-order valence-electron chi connectivity index (χ0n) is 8.40. The molecule has 1 N–H and O–H groups in total. The van der Waals surface area contributed by atoms with Crippen molar-refractivity contribution in [3.63, 3.8) is 0 Å². The molecule has 1 aromatic carbocycles. The zero-order chi connectivity index (χ0) is 11.3. The first-order chi connectivity index (χ1) is 7.17. The number of hydrogen-bond acceptors (Lipinski definition) is 4. The molecule has 0 bridgehead atoms. The summed E-state index contributed by atoms with van der Waals surface area (Å²) in [6.07, 6.45) is 1.22. The molecule has 0 saturated heterocycles. The lowest BCUT2D eigenvalue weighted by molar-refractivity contribution is -0.134. The zero-order valence-corrected chi connectivity index (χ0v) is 8.40. The molecule has 0 aliphatic carbocycles. The number of ether oxygens (including phenoxy) is 1. The van der Waals surface area contributed by atoms with E-state index < -0.39 is 5.97 Å². The number of aromatic hydroxyl groups is 1. The summed E-state index contributed by atoms with van der Waals surface area (Å²) in [6, 6.07) is 4.51. The Balaban J connectivity index is 2.83. The maximum atomic E-state index is 11.0. The van der Waals surface area contributed by atoms with Crippen LogP contribution in [0.1, 0.15) is 18.9 Å². The van der Waals surface area contributed by atoms with E-state index in [9.17, 15) is 14.7 Å². The van der Waals surface area contributed by atoms with Gasteiger partial charge in [-0.25, -0.2) is 0 Å². The lowest BCUT2D eigenvalue weighted by Gasteiger charge is -2.05. The number of carbonyl (C=O) groups excluding carboxylic acids is 2. The SMILES string of the molecule is CCC(=O)Oc1ccc(CC=O)cc1O. The van der Waals surface area contributed by atoms with Crippen LogP contribution in [0.2, 0.25) is 0 Å². The molecule has 0 aromatic heterocycles. The number of phenols is 1. The quantitative estimate of drug-likeness (QED) is 0.462. The van der Waals surface area contributed by atoms with Crippen molar-refractivity contribution in [3.8, 4) is 11.5 Å². The highest BCUT2D eigenvalue weighted by Gasteiger charge is 2.07. The molecule has 0 heterocycles. The molecule has 80 valence electrons. The molecular weight excluding hydrogens is 196 g/mol. The van der Waals surface area contributed by atoms with E-state index in [1.165, 1.54) is 12.1 Å². The summed E-state index contributed by atoms with van der Waals surface area (Å²) in [4.78, 5) is 21.2. The Morgan fingerprint density at radius 2 is 2.27 bits per heavy atom. The fourth-order valence-corrected chi connectivity index (χ4v) is 1.07. The Labute approximate surface area is 87.5 Å². The number of benzene rings is 1. The maximum Gasteiger partial charge on any atom is 0.311 e. The van der Waals surface area contributed by atoms with Gasteiger partial charge in [0, 0.05) is 12.8 Å². The molecule has 0 atom stereocenters. The van der Waals surface area contributed by atoms with E-state index in [1.807, 2.05) is 0 Å². The monoisotopic (exact) mass is 208 g/mol. The van der Waals surface area contributed by atoms with Crippen molar-refractivity contribution in [1.29, 1.82) is 0 Å². The molecule has 0 saturated carbocycles. The Kier molecular flexibility index (Phi) is 3.85. The van der Waals surface area contributed by atoms with Crippen molar-refractivity contribution in [2.75, 3.05) is 0 Å². The molecule has 0 fully saturated rings. The van der Waals surface area contributed by atoms with Gasteiger partial charge in [0.2, 0.25) is 0 Å². The summed E-state index contributed by atoms with van der Waals surface area (Å²) >= 11 is 0. The fourth-order valence-electron chi connectivity index (χ4n) is 1.07. The minimum atomic E-state index is -0.409. The first-order valence-electron chi connectivity index (χ1n) is 4.63. The Morgan fingerprint density at radius 3 is 2.80 bits per heavy atom. The van der Waals surface area contributed by atoms with Crippen LogP contribution in [0, 0.1) is 0 Å². The average Bonchev–Trinajstić information content (AvgIpc) is 2.22. The first-order valence-corrected chi connectivity index (χ1v) is 4.63. The second kappa shape index (κ2) is 5.14. The topological polar surface area (TPSA) is 63.6 Å². The number of aldehydes is 1. The van der Waals surface area contributed by atoms with Gasteiger partial charge in [-0.1, -0.05) is 13.0 Å². The minimum Gasteiger partial charge on any atom is -0.504 e. The van der Waals surface area contributed by atoms with Crippen LogP contribution in [-0.2, 0) is 16.0 Å². The maximum absolute atomic E-state index is 11.0. The molecule has 15 heavy (non-hydrogen) atoms. The summed E-state index contributed by atoms with van der Waals surface area (Å²) in [5, 5.41) is 9.47. The van der Waals surface area contributed by atoms with Gasteiger partial charge >= 0.3 is 5.97 Å². The lowest BCUT2D eigenvalue weighted by Crippen LogP contribution is -2.05. The second-order valence-corrected chi connectivity index (χ2v) is 3.00. The number of carbonyl (C=O) groups is 2. The lowest BCUT2D eigenvalue weighted by atomic mass is 10.1. The minimum absolute atomic E-state index is 0.122. The molecule has 0 aliphatic heterocycles. The first kappa shape index (κ1) is 11.2. The highest BCUT2D eigenvalue weighted by Crippen LogP contribution is 2.27. The van der Waals surface area contributed by atoms with E-state index in [2.05, 4.69) is 0 Å². The summed E-state index contributed by atoms with van der Waals surface area (Å²) in [5.74, 6) is -0.416. The summed E-state index contributed by atoms with van der Waals surface area (Å²) in [6.45, 7) is 1.67. The van der Waals surface area contributed by atoms with Crippen LogP contribution < -0.4 is 4.74 Å². The van der Waals surface area contributed by atoms with Crippen LogP contribution in [0.3, 0.4) is 0 Å². The third-order valence-corrected chi connectivity index (χ3v) is 1.85. The van der Waals surface area contributed by atoms with Gasteiger partial charge < -0.3 is 14.6 Å². The smallest absolute Gasteiger partial charge is 0.311 e. The van der Waals surface area contributed by atoms with Crippen molar-refractivity contribution >= 4 is 12.3 Å². The van der Waals surface area contributed by atoms with E-state index >= 15 is 0 Å². The van der Waals surface area contributed by atoms with Crippen LogP contribution in [0.5, 0.6) is 11.5 Å². The second-order valence-electron chi connectivity index (χ2n) is 3.00. The fraction of sp³-hybridized carbons (Fsp3) is 0.273. The van der Waals surface area contributed by atoms with Gasteiger partial charge in [0.1, 0.15) is 6.29 Å². The summed E-state index contributed by atoms with van der Waals surface area (Å²) in [5.41, 5.74) is 0.679. The highest BCUT2D eigenvalue weighted by atomic mass is 16.5. The normalized spacial score (nSPS) is 9.67. The van der Waals surface area contributed by atoms with Crippen LogP contribution in [0.4, 0.5) is 0 Å². The molecule has 0 radical (unpaired) electrons. The number of hydrogen-bond donors (Lipinski definition) is 1. The van der Waals surface area contributed by atoms with Gasteiger partial charge in [-0.05, 0) is 17.7 Å². The van der Waals surface area contributed by atoms with Gasteiger partial charge in [0.15, 0.2) is 11.5 Å². The molecule has 0 aliphatic rings. The van der Waals surface area contributed by atoms with Crippen LogP contribution in [0.25, 0.3) is 0 Å². The van der Waals surface area contributed by atoms with E-state index in [0.29, 0.717) is 5.56 Å². The predicted octanol–water partition coefficient (Wildman–Crippen LogP) is 1.45. The molecule has 1 aromatic rings. The van der Waals surface area contributed by atoms with Crippen molar-refractivity contribution in [1.82, 2.24) is 0 Å². The number of phenolic OH excluding ortho intramolecular Hbond substituents is 1. The Bertz CT molecular complexity index is 371. The van der Waals surface area contributed by atoms with E-state index in [-0.39, 0.29) is 24.3 Å². The third kappa shape index (κ3) is 3.09. The highest BCUT2D eigenvalue weighted by molar-refractivity contribution is 5.73. The molecule has 4 nitrogen and oxygen atoms in total. The average molecular weight is 208 g/mol. The van der Waals surface area contributed by atoms with Gasteiger partial charge in [0.05, 0.1) is 0 Å². The molecule has 0 unspecified atom stereocenters. The standard InChI is InChI=1S/C11H12O4/c1-2-11(14)15-10-4-3-8(5-6-12)7-9(10)13/h3-4,6-7,13H,2,5H2,1H3. The largest absolute Gasteiger partial charge is 0.504 e. The number of esters is 1. The van der Waals surface area contributed by atoms with Crippen molar-refractivity contribution < 1.29 is 19.4 Å². The molecule has 4 heteroatoms. The van der Waals surface area contributed by atoms with Crippen LogP contribution >= 0.6 is 0 Å². The summed E-state index contributed by atoms with van der Waals surface area (Å²) < 4.78 is 4.85. The molecule has 1 rings (SSSR count). The molecular formula is C11H12O4. The third-order valence-electron chi connectivity index (χ3n) is 1.85. The Morgan fingerprint density at radius 1 is 1.53 bits per heavy atom. The summed E-state index contributed by atoms with van der Waals surface area (Å²) in [7, 11) is 0. The van der Waals surface area contributed by atoms with E-state index in [4.69, 9.17) is 4.74 Å². The number of rotatable bonds is 4. The van der Waals surface area contributed by atoms with Crippen molar-refractivity contribution in [3.05, 3.63) is 23.8 Å². The van der Waals surface area contributed by atoms with Crippen LogP contribution in [0.15, 0.2) is 18.2 Å². The van der Waals surface area contributed by atoms with Gasteiger partial charge in [-0.2, -0.15) is 0 Å². The molecule has 0 spiro atoms. The van der Waals surface area contributed by atoms with Crippen LogP contribution in [-0.4, -0.2) is 17.4 Å². The van der Waals surface area contributed by atoms with E-state index in [0.717, 1.165) is 6.29 Å². The Hall–Kier alpha value is -1.84. The van der Waals surface area contributed by atoms with Crippen molar-refractivity contribution in [2.45, 2.75) is 19.8 Å². The molecule has 0 amide bonds. The van der Waals surface area contributed by atoms with Gasteiger partial charge in [-0.15, -0.1) is 0 Å².